The summed E-state index contributed by atoms with van der Waals surface area (Å²) in [5.41, 5.74) is 5.00. The van der Waals surface area contributed by atoms with Crippen molar-refractivity contribution in [2.24, 2.45) is 0 Å². The van der Waals surface area contributed by atoms with Gasteiger partial charge in [-0.3, -0.25) is 4.79 Å². The van der Waals surface area contributed by atoms with Crippen molar-refractivity contribution in [3.8, 4) is 0 Å². The highest BCUT2D eigenvalue weighted by Gasteiger charge is 2.18. The molecule has 0 bridgehead atoms. The molecule has 4 rings (SSSR count). The summed E-state index contributed by atoms with van der Waals surface area (Å²) in [6.45, 7) is 6.51. The molecule has 0 saturated carbocycles. The Morgan fingerprint density at radius 2 is 1.63 bits per heavy atom. The normalized spacial score (nSPS) is 11.0. The lowest BCUT2D eigenvalue weighted by atomic mass is 10.2. The summed E-state index contributed by atoms with van der Waals surface area (Å²) in [7, 11) is 0. The highest BCUT2D eigenvalue weighted by Crippen LogP contribution is 2.22. The first-order chi connectivity index (χ1) is 14.5. The molecule has 0 saturated heterocycles. The fourth-order valence-electron chi connectivity index (χ4n) is 3.20. The Morgan fingerprint density at radius 3 is 2.33 bits per heavy atom. The maximum atomic E-state index is 13.1. The molecule has 0 radical (unpaired) electrons. The Hall–Kier alpha value is -3.19. The van der Waals surface area contributed by atoms with Crippen molar-refractivity contribution in [1.82, 2.24) is 19.6 Å². The first-order valence-electron chi connectivity index (χ1n) is 9.75. The highest BCUT2D eigenvalue weighted by atomic mass is 32.2. The topological polar surface area (TPSA) is 63.4 Å². The van der Waals surface area contributed by atoms with E-state index in [-0.39, 0.29) is 11.7 Å². The number of fused-ring (bicyclic) bond motifs is 1. The molecule has 30 heavy (non-hydrogen) atoms. The van der Waals surface area contributed by atoms with E-state index in [1.807, 2.05) is 81.4 Å². The average molecular weight is 418 g/mol. The van der Waals surface area contributed by atoms with Crippen LogP contribution in [0.25, 0.3) is 5.78 Å². The number of nitrogens with zero attached hydrogens (tertiary/aromatic N) is 5. The standard InChI is InChI=1S/C23H23N5OS/c1-16-17(2)24-22-25-23(26-28(22)18(16)3)30-15-21(29)27(20-12-8-5-9-13-20)14-19-10-6-4-7-11-19/h4-13H,14-15H2,1-3H3. The van der Waals surface area contributed by atoms with E-state index in [0.717, 1.165) is 28.2 Å². The third kappa shape index (κ3) is 4.21. The molecule has 0 aliphatic carbocycles. The van der Waals surface area contributed by atoms with E-state index in [1.54, 1.807) is 9.42 Å². The monoisotopic (exact) mass is 417 g/mol. The SMILES string of the molecule is Cc1nc2nc(SCC(=O)N(Cc3ccccc3)c3ccccc3)nn2c(C)c1C. The maximum Gasteiger partial charge on any atom is 0.253 e. The van der Waals surface area contributed by atoms with Crippen LogP contribution in [-0.2, 0) is 11.3 Å². The zero-order valence-corrected chi connectivity index (χ0v) is 18.1. The molecule has 0 unspecified atom stereocenters. The van der Waals surface area contributed by atoms with Crippen molar-refractivity contribution in [2.45, 2.75) is 32.5 Å². The summed E-state index contributed by atoms with van der Waals surface area (Å²) >= 11 is 1.33. The van der Waals surface area contributed by atoms with E-state index in [2.05, 4.69) is 15.1 Å². The second kappa shape index (κ2) is 8.67. The summed E-state index contributed by atoms with van der Waals surface area (Å²) in [4.78, 5) is 23.9. The number of aromatic nitrogens is 4. The van der Waals surface area contributed by atoms with Crippen LogP contribution < -0.4 is 4.90 Å². The molecular formula is C23H23N5OS. The van der Waals surface area contributed by atoms with Gasteiger partial charge in [-0.1, -0.05) is 60.3 Å². The predicted octanol–water partition coefficient (Wildman–Crippen LogP) is 4.38. The van der Waals surface area contributed by atoms with Gasteiger partial charge in [0.1, 0.15) is 0 Å². The second-order valence-electron chi connectivity index (χ2n) is 7.10. The Morgan fingerprint density at radius 1 is 0.967 bits per heavy atom. The first-order valence-corrected chi connectivity index (χ1v) is 10.7. The largest absolute Gasteiger partial charge is 0.307 e. The number of aryl methyl sites for hydroxylation is 2. The lowest BCUT2D eigenvalue weighted by Gasteiger charge is -2.22. The molecule has 0 atom stereocenters. The number of carbonyl (C=O) groups is 1. The third-order valence-electron chi connectivity index (χ3n) is 5.12. The molecule has 152 valence electrons. The molecule has 0 aliphatic rings. The number of carbonyl (C=O) groups excluding carboxylic acids is 1. The molecule has 6 nitrogen and oxygen atoms in total. The minimum atomic E-state index is 0.00551. The molecule has 7 heteroatoms. The maximum absolute atomic E-state index is 13.1. The molecule has 2 aromatic carbocycles. The van der Waals surface area contributed by atoms with E-state index in [0.29, 0.717) is 17.5 Å². The number of anilines is 1. The van der Waals surface area contributed by atoms with E-state index in [9.17, 15) is 4.79 Å². The second-order valence-corrected chi connectivity index (χ2v) is 8.05. The summed E-state index contributed by atoms with van der Waals surface area (Å²) < 4.78 is 1.74. The van der Waals surface area contributed by atoms with Crippen molar-refractivity contribution in [3.63, 3.8) is 0 Å². The van der Waals surface area contributed by atoms with Crippen LogP contribution in [0, 0.1) is 20.8 Å². The van der Waals surface area contributed by atoms with Crippen LogP contribution in [0.5, 0.6) is 0 Å². The lowest BCUT2D eigenvalue weighted by molar-refractivity contribution is -0.116. The van der Waals surface area contributed by atoms with Gasteiger partial charge in [-0.2, -0.15) is 4.98 Å². The fourth-order valence-corrected chi connectivity index (χ4v) is 3.89. The van der Waals surface area contributed by atoms with Crippen LogP contribution in [0.3, 0.4) is 0 Å². The quantitative estimate of drug-likeness (QED) is 0.436. The van der Waals surface area contributed by atoms with Gasteiger partial charge >= 0.3 is 0 Å². The molecular weight excluding hydrogens is 394 g/mol. The van der Waals surface area contributed by atoms with Crippen LogP contribution >= 0.6 is 11.8 Å². The van der Waals surface area contributed by atoms with Gasteiger partial charge in [0.15, 0.2) is 0 Å². The van der Waals surface area contributed by atoms with Gasteiger partial charge in [0, 0.05) is 17.1 Å². The molecule has 0 fully saturated rings. The van der Waals surface area contributed by atoms with Crippen molar-refractivity contribution in [2.75, 3.05) is 10.7 Å². The number of thioether (sulfide) groups is 1. The van der Waals surface area contributed by atoms with Crippen LogP contribution in [0.15, 0.2) is 65.8 Å². The van der Waals surface area contributed by atoms with Gasteiger partial charge in [0.2, 0.25) is 11.1 Å². The highest BCUT2D eigenvalue weighted by molar-refractivity contribution is 7.99. The number of amides is 1. The minimum Gasteiger partial charge on any atom is -0.307 e. The third-order valence-corrected chi connectivity index (χ3v) is 5.94. The smallest absolute Gasteiger partial charge is 0.253 e. The Bertz CT molecular complexity index is 1170. The number of hydrogen-bond donors (Lipinski definition) is 0. The number of rotatable bonds is 6. The summed E-state index contributed by atoms with van der Waals surface area (Å²) in [5.74, 6) is 0.816. The zero-order valence-electron chi connectivity index (χ0n) is 17.2. The zero-order chi connectivity index (χ0) is 21.1. The predicted molar refractivity (Wildman–Crippen MR) is 120 cm³/mol. The van der Waals surface area contributed by atoms with E-state index in [4.69, 9.17) is 0 Å². The van der Waals surface area contributed by atoms with Crippen molar-refractivity contribution in [1.29, 1.82) is 0 Å². The van der Waals surface area contributed by atoms with Gasteiger partial charge < -0.3 is 4.90 Å². The molecule has 0 N–H and O–H groups in total. The van der Waals surface area contributed by atoms with Gasteiger partial charge in [0.05, 0.1) is 12.3 Å². The van der Waals surface area contributed by atoms with Gasteiger partial charge in [-0.15, -0.1) is 5.10 Å². The van der Waals surface area contributed by atoms with Gasteiger partial charge in [-0.25, -0.2) is 9.50 Å². The lowest BCUT2D eigenvalue weighted by Crippen LogP contribution is -2.31. The molecule has 2 aromatic heterocycles. The average Bonchev–Trinajstić information content (AvgIpc) is 3.18. The minimum absolute atomic E-state index is 0.00551. The summed E-state index contributed by atoms with van der Waals surface area (Å²) in [6, 6.07) is 19.7. The first kappa shape index (κ1) is 20.1. The van der Waals surface area contributed by atoms with Gasteiger partial charge in [0.25, 0.3) is 5.78 Å². The molecule has 1 amide bonds. The Labute approximate surface area is 180 Å². The van der Waals surface area contributed by atoms with Crippen molar-refractivity contribution < 1.29 is 4.79 Å². The van der Waals surface area contributed by atoms with Crippen molar-refractivity contribution >= 4 is 29.1 Å². The molecule has 2 heterocycles. The molecule has 0 spiro atoms. The van der Waals surface area contributed by atoms with E-state index in [1.165, 1.54) is 11.8 Å². The molecule has 0 aliphatic heterocycles. The van der Waals surface area contributed by atoms with Crippen LogP contribution in [-0.4, -0.2) is 31.2 Å². The fraction of sp³-hybridized carbons (Fsp3) is 0.217. The van der Waals surface area contributed by atoms with Crippen LogP contribution in [0.4, 0.5) is 5.69 Å². The van der Waals surface area contributed by atoms with E-state index < -0.39 is 0 Å². The van der Waals surface area contributed by atoms with Gasteiger partial charge in [-0.05, 0) is 44.0 Å². The van der Waals surface area contributed by atoms with Crippen LogP contribution in [0.1, 0.15) is 22.5 Å². The summed E-state index contributed by atoms with van der Waals surface area (Å²) in [6.07, 6.45) is 0. The number of para-hydroxylation sites is 1. The van der Waals surface area contributed by atoms with Crippen molar-refractivity contribution in [3.05, 3.63) is 83.2 Å². The van der Waals surface area contributed by atoms with Crippen LogP contribution in [0.2, 0.25) is 0 Å². The summed E-state index contributed by atoms with van der Waals surface area (Å²) in [5, 5.41) is 5.09. The molecule has 4 aromatic rings. The Kier molecular flexibility index (Phi) is 5.81. The number of hydrogen-bond acceptors (Lipinski definition) is 5. The van der Waals surface area contributed by atoms with E-state index >= 15 is 0 Å². The number of benzene rings is 2. The Balaban J connectivity index is 1.54.